The molecule has 1 aromatic carbocycles. The van der Waals surface area contributed by atoms with Crippen LogP contribution in [0.25, 0.3) is 0 Å². The van der Waals surface area contributed by atoms with Crippen LogP contribution in [0.3, 0.4) is 0 Å². The number of carbonyl (C=O) groups is 1. The Bertz CT molecular complexity index is 479. The molecule has 0 atom stereocenters. The minimum absolute atomic E-state index is 0.00945. The van der Waals surface area contributed by atoms with Gasteiger partial charge in [-0.1, -0.05) is 18.2 Å². The largest absolute Gasteiger partial charge is 0.352 e. The zero-order valence-corrected chi connectivity index (χ0v) is 11.0. The van der Waals surface area contributed by atoms with Crippen LogP contribution in [0.1, 0.15) is 29.6 Å². The number of unbranched alkanes of at least 4 members (excludes halogenated alkanes) is 2. The third-order valence-corrected chi connectivity index (χ3v) is 2.97. The van der Waals surface area contributed by atoms with E-state index in [1.165, 1.54) is 0 Å². The molecule has 0 saturated carbocycles. The zero-order chi connectivity index (χ0) is 13.3. The first-order valence-corrected chi connectivity index (χ1v) is 6.65. The van der Waals surface area contributed by atoms with Gasteiger partial charge in [-0.05, 0) is 31.4 Å². The highest BCUT2D eigenvalue weighted by Gasteiger charge is 2.02. The molecule has 0 radical (unpaired) electrons. The Morgan fingerprint density at radius 1 is 1.16 bits per heavy atom. The topological polar surface area (TPSA) is 46.9 Å². The molecular formula is C15H19N3O. The number of hydrogen-bond donors (Lipinski definition) is 1. The third-order valence-electron chi connectivity index (χ3n) is 2.97. The lowest BCUT2D eigenvalue weighted by molar-refractivity contribution is 0.0953. The molecule has 0 unspecified atom stereocenters. The molecule has 1 N–H and O–H groups in total. The molecule has 0 saturated heterocycles. The second-order valence-corrected chi connectivity index (χ2v) is 4.48. The summed E-state index contributed by atoms with van der Waals surface area (Å²) >= 11 is 0. The summed E-state index contributed by atoms with van der Waals surface area (Å²) in [6, 6.07) is 9.32. The van der Waals surface area contributed by atoms with Crippen LogP contribution in [0.4, 0.5) is 0 Å². The van der Waals surface area contributed by atoms with Crippen molar-refractivity contribution in [2.75, 3.05) is 6.54 Å². The van der Waals surface area contributed by atoms with E-state index < -0.39 is 0 Å². The van der Waals surface area contributed by atoms with Crippen LogP contribution in [-0.2, 0) is 6.54 Å². The molecule has 19 heavy (non-hydrogen) atoms. The molecule has 0 fully saturated rings. The highest BCUT2D eigenvalue weighted by Crippen LogP contribution is 2.00. The predicted octanol–water partition coefficient (Wildman–Crippen LogP) is 2.48. The van der Waals surface area contributed by atoms with Crippen molar-refractivity contribution < 1.29 is 4.79 Å². The maximum Gasteiger partial charge on any atom is 0.251 e. The van der Waals surface area contributed by atoms with Gasteiger partial charge in [0.15, 0.2) is 0 Å². The number of nitrogens with zero attached hydrogens (tertiary/aromatic N) is 2. The molecule has 4 heteroatoms. The predicted molar refractivity (Wildman–Crippen MR) is 74.9 cm³/mol. The minimum Gasteiger partial charge on any atom is -0.352 e. The maximum absolute atomic E-state index is 11.7. The number of aromatic nitrogens is 2. The summed E-state index contributed by atoms with van der Waals surface area (Å²) in [6.45, 7) is 1.73. The number of carbonyl (C=O) groups excluding carboxylic acids is 1. The quantitative estimate of drug-likeness (QED) is 0.775. The third kappa shape index (κ3) is 4.58. The van der Waals surface area contributed by atoms with Crippen LogP contribution >= 0.6 is 0 Å². The van der Waals surface area contributed by atoms with Crippen LogP contribution in [0.5, 0.6) is 0 Å². The Balaban J connectivity index is 1.56. The number of rotatable bonds is 7. The Labute approximate surface area is 113 Å². The van der Waals surface area contributed by atoms with E-state index in [4.69, 9.17) is 0 Å². The van der Waals surface area contributed by atoms with Gasteiger partial charge in [0.25, 0.3) is 5.91 Å². The Hall–Kier alpha value is -2.10. The molecular weight excluding hydrogens is 238 g/mol. The summed E-state index contributed by atoms with van der Waals surface area (Å²) in [5.41, 5.74) is 0.723. The average Bonchev–Trinajstić information content (AvgIpc) is 2.96. The molecule has 1 heterocycles. The van der Waals surface area contributed by atoms with Crippen molar-refractivity contribution in [2.24, 2.45) is 0 Å². The average molecular weight is 257 g/mol. The number of amides is 1. The summed E-state index contributed by atoms with van der Waals surface area (Å²) in [5, 5.41) is 2.93. The van der Waals surface area contributed by atoms with Crippen molar-refractivity contribution in [3.8, 4) is 0 Å². The van der Waals surface area contributed by atoms with E-state index in [0.29, 0.717) is 0 Å². The van der Waals surface area contributed by atoms with Crippen LogP contribution in [0.15, 0.2) is 49.1 Å². The van der Waals surface area contributed by atoms with E-state index in [1.54, 1.807) is 6.20 Å². The van der Waals surface area contributed by atoms with Gasteiger partial charge >= 0.3 is 0 Å². The van der Waals surface area contributed by atoms with Crippen molar-refractivity contribution in [2.45, 2.75) is 25.8 Å². The first-order valence-electron chi connectivity index (χ1n) is 6.65. The standard InChI is InChI=1S/C15H19N3O/c19-15(14-7-3-1-4-8-14)17-9-5-2-6-11-18-12-10-16-13-18/h1,3-4,7-8,10,12-13H,2,5-6,9,11H2,(H,17,19). The molecule has 0 spiro atoms. The molecule has 0 aliphatic carbocycles. The minimum atomic E-state index is 0.00945. The summed E-state index contributed by atoms with van der Waals surface area (Å²) in [5.74, 6) is 0.00945. The molecule has 1 aromatic heterocycles. The lowest BCUT2D eigenvalue weighted by Gasteiger charge is -2.05. The van der Waals surface area contributed by atoms with E-state index in [1.807, 2.05) is 42.9 Å². The molecule has 100 valence electrons. The van der Waals surface area contributed by atoms with E-state index in [9.17, 15) is 4.79 Å². The fourth-order valence-electron chi connectivity index (χ4n) is 1.91. The lowest BCUT2D eigenvalue weighted by atomic mass is 10.2. The van der Waals surface area contributed by atoms with Crippen LogP contribution in [0.2, 0.25) is 0 Å². The van der Waals surface area contributed by atoms with E-state index >= 15 is 0 Å². The van der Waals surface area contributed by atoms with Gasteiger partial charge in [-0.2, -0.15) is 0 Å². The summed E-state index contributed by atoms with van der Waals surface area (Å²) < 4.78 is 2.07. The number of imidazole rings is 1. The molecule has 0 bridgehead atoms. The molecule has 1 amide bonds. The zero-order valence-electron chi connectivity index (χ0n) is 11.0. The second kappa shape index (κ2) is 7.36. The lowest BCUT2D eigenvalue weighted by Crippen LogP contribution is -2.24. The van der Waals surface area contributed by atoms with Crippen molar-refractivity contribution in [1.29, 1.82) is 0 Å². The first kappa shape index (κ1) is 13.3. The number of nitrogens with one attached hydrogen (secondary N) is 1. The highest BCUT2D eigenvalue weighted by molar-refractivity contribution is 5.94. The number of hydrogen-bond acceptors (Lipinski definition) is 2. The van der Waals surface area contributed by atoms with Gasteiger partial charge in [0.2, 0.25) is 0 Å². The fourth-order valence-corrected chi connectivity index (χ4v) is 1.91. The molecule has 2 rings (SSSR count). The molecule has 0 aliphatic rings. The van der Waals surface area contributed by atoms with Gasteiger partial charge in [0.05, 0.1) is 6.33 Å². The summed E-state index contributed by atoms with van der Waals surface area (Å²) in [7, 11) is 0. The monoisotopic (exact) mass is 257 g/mol. The summed E-state index contributed by atoms with van der Waals surface area (Å²) in [4.78, 5) is 15.7. The first-order chi connectivity index (χ1) is 9.36. The smallest absolute Gasteiger partial charge is 0.251 e. The Morgan fingerprint density at radius 3 is 2.74 bits per heavy atom. The van der Waals surface area contributed by atoms with Crippen molar-refractivity contribution in [3.05, 3.63) is 54.6 Å². The molecule has 4 nitrogen and oxygen atoms in total. The van der Waals surface area contributed by atoms with E-state index in [0.717, 1.165) is 37.9 Å². The molecule has 0 aliphatic heterocycles. The van der Waals surface area contributed by atoms with E-state index in [2.05, 4.69) is 14.9 Å². The normalized spacial score (nSPS) is 10.3. The van der Waals surface area contributed by atoms with Crippen LogP contribution < -0.4 is 5.32 Å². The van der Waals surface area contributed by atoms with Gasteiger partial charge < -0.3 is 9.88 Å². The number of benzene rings is 1. The van der Waals surface area contributed by atoms with Crippen LogP contribution in [-0.4, -0.2) is 22.0 Å². The SMILES string of the molecule is O=C(NCCCCCn1ccnc1)c1ccccc1. The summed E-state index contributed by atoms with van der Waals surface area (Å²) in [6.07, 6.45) is 8.81. The fraction of sp³-hybridized carbons (Fsp3) is 0.333. The van der Waals surface area contributed by atoms with Gasteiger partial charge in [0.1, 0.15) is 0 Å². The maximum atomic E-state index is 11.7. The highest BCUT2D eigenvalue weighted by atomic mass is 16.1. The van der Waals surface area contributed by atoms with Gasteiger partial charge in [-0.15, -0.1) is 0 Å². The van der Waals surface area contributed by atoms with Gasteiger partial charge in [0, 0.05) is 31.0 Å². The van der Waals surface area contributed by atoms with Gasteiger partial charge in [-0.3, -0.25) is 4.79 Å². The van der Waals surface area contributed by atoms with Crippen molar-refractivity contribution >= 4 is 5.91 Å². The number of aryl methyl sites for hydroxylation is 1. The Kier molecular flexibility index (Phi) is 5.17. The van der Waals surface area contributed by atoms with E-state index in [-0.39, 0.29) is 5.91 Å². The van der Waals surface area contributed by atoms with Crippen molar-refractivity contribution in [1.82, 2.24) is 14.9 Å². The second-order valence-electron chi connectivity index (χ2n) is 4.48. The van der Waals surface area contributed by atoms with Crippen molar-refractivity contribution in [3.63, 3.8) is 0 Å². The Morgan fingerprint density at radius 2 is 2.00 bits per heavy atom. The van der Waals surface area contributed by atoms with Gasteiger partial charge in [-0.25, -0.2) is 4.98 Å². The van der Waals surface area contributed by atoms with Crippen LogP contribution in [0, 0.1) is 0 Å². The molecule has 2 aromatic rings.